The van der Waals surface area contributed by atoms with Gasteiger partial charge in [-0.3, -0.25) is 4.79 Å². The molecule has 4 nitrogen and oxygen atoms in total. The molecular formula is C19H18N2O2. The second-order valence-electron chi connectivity index (χ2n) is 5.19. The second kappa shape index (κ2) is 6.92. The van der Waals surface area contributed by atoms with Gasteiger partial charge in [0.15, 0.2) is 0 Å². The second-order valence-corrected chi connectivity index (χ2v) is 5.19. The first kappa shape index (κ1) is 15.0. The summed E-state index contributed by atoms with van der Waals surface area (Å²) in [7, 11) is 0. The lowest BCUT2D eigenvalue weighted by Gasteiger charge is -2.11. The molecule has 1 heterocycles. The molecule has 1 amide bonds. The average molecular weight is 306 g/mol. The number of para-hydroxylation sites is 3. The molecule has 2 aromatic carbocycles. The van der Waals surface area contributed by atoms with E-state index < -0.39 is 0 Å². The normalized spacial score (nSPS) is 10.5. The fourth-order valence-electron chi connectivity index (χ4n) is 2.29. The van der Waals surface area contributed by atoms with Crippen LogP contribution in [0.4, 0.5) is 5.69 Å². The van der Waals surface area contributed by atoms with Crippen LogP contribution in [0.25, 0.3) is 10.9 Å². The highest BCUT2D eigenvalue weighted by molar-refractivity contribution is 6.04. The van der Waals surface area contributed by atoms with Gasteiger partial charge in [-0.1, -0.05) is 43.3 Å². The van der Waals surface area contributed by atoms with E-state index in [4.69, 9.17) is 4.74 Å². The molecule has 0 bridgehead atoms. The number of carbonyl (C=O) groups excluding carboxylic acids is 1. The van der Waals surface area contributed by atoms with Crippen molar-refractivity contribution in [1.29, 1.82) is 0 Å². The predicted molar refractivity (Wildman–Crippen MR) is 91.9 cm³/mol. The number of aromatic nitrogens is 1. The van der Waals surface area contributed by atoms with Crippen molar-refractivity contribution in [2.24, 2.45) is 0 Å². The number of amides is 1. The number of hydrogen-bond acceptors (Lipinski definition) is 3. The molecule has 3 rings (SSSR count). The Morgan fingerprint density at radius 3 is 2.70 bits per heavy atom. The molecule has 0 spiro atoms. The van der Waals surface area contributed by atoms with Crippen LogP contribution in [0.5, 0.6) is 5.75 Å². The number of anilines is 1. The summed E-state index contributed by atoms with van der Waals surface area (Å²) in [6, 6.07) is 18.8. The topological polar surface area (TPSA) is 51.2 Å². The number of hydrogen-bond donors (Lipinski definition) is 1. The monoisotopic (exact) mass is 306 g/mol. The number of nitrogens with one attached hydrogen (secondary N) is 1. The van der Waals surface area contributed by atoms with Gasteiger partial charge in [-0.05, 0) is 30.7 Å². The standard InChI is InChI=1S/C19H18N2O2/c1-2-13-23-18-10-6-5-9-16(18)21-19(22)17-12-11-14-7-3-4-8-15(14)20-17/h3-12H,2,13H2,1H3,(H,21,22). The van der Waals surface area contributed by atoms with E-state index in [1.54, 1.807) is 6.07 Å². The van der Waals surface area contributed by atoms with Gasteiger partial charge in [0, 0.05) is 5.39 Å². The van der Waals surface area contributed by atoms with Gasteiger partial charge in [-0.25, -0.2) is 4.98 Å². The Hall–Kier alpha value is -2.88. The fourth-order valence-corrected chi connectivity index (χ4v) is 2.29. The maximum atomic E-state index is 12.5. The Balaban J connectivity index is 1.83. The Morgan fingerprint density at radius 2 is 1.83 bits per heavy atom. The number of rotatable bonds is 5. The largest absolute Gasteiger partial charge is 0.491 e. The van der Waals surface area contributed by atoms with E-state index in [-0.39, 0.29) is 5.91 Å². The molecule has 0 unspecified atom stereocenters. The first-order valence-electron chi connectivity index (χ1n) is 7.67. The van der Waals surface area contributed by atoms with E-state index in [0.29, 0.717) is 23.7 Å². The Labute approximate surface area is 135 Å². The molecule has 0 fully saturated rings. The molecular weight excluding hydrogens is 288 g/mol. The molecule has 0 aliphatic rings. The molecule has 0 saturated carbocycles. The Morgan fingerprint density at radius 1 is 1.04 bits per heavy atom. The molecule has 1 N–H and O–H groups in total. The smallest absolute Gasteiger partial charge is 0.274 e. The molecule has 116 valence electrons. The van der Waals surface area contributed by atoms with Gasteiger partial charge in [0.25, 0.3) is 5.91 Å². The zero-order valence-corrected chi connectivity index (χ0v) is 13.0. The van der Waals surface area contributed by atoms with Crippen molar-refractivity contribution in [2.45, 2.75) is 13.3 Å². The van der Waals surface area contributed by atoms with Gasteiger partial charge in [0.1, 0.15) is 11.4 Å². The molecule has 4 heteroatoms. The SMILES string of the molecule is CCCOc1ccccc1NC(=O)c1ccc2ccccc2n1. The minimum absolute atomic E-state index is 0.247. The van der Waals surface area contributed by atoms with E-state index in [2.05, 4.69) is 10.3 Å². The van der Waals surface area contributed by atoms with Crippen LogP contribution < -0.4 is 10.1 Å². The zero-order chi connectivity index (χ0) is 16.1. The lowest BCUT2D eigenvalue weighted by molar-refractivity contribution is 0.102. The van der Waals surface area contributed by atoms with E-state index in [9.17, 15) is 4.79 Å². The lowest BCUT2D eigenvalue weighted by atomic mass is 10.2. The number of benzene rings is 2. The van der Waals surface area contributed by atoms with Crippen LogP contribution in [-0.2, 0) is 0 Å². The highest BCUT2D eigenvalue weighted by atomic mass is 16.5. The molecule has 1 aromatic heterocycles. The van der Waals surface area contributed by atoms with Crippen LogP contribution in [-0.4, -0.2) is 17.5 Å². The first-order valence-corrected chi connectivity index (χ1v) is 7.67. The van der Waals surface area contributed by atoms with Crippen LogP contribution in [0, 0.1) is 0 Å². The summed E-state index contributed by atoms with van der Waals surface area (Å²) in [5.74, 6) is 0.423. The quantitative estimate of drug-likeness (QED) is 0.765. The molecule has 0 saturated heterocycles. The summed E-state index contributed by atoms with van der Waals surface area (Å²) in [4.78, 5) is 16.9. The van der Waals surface area contributed by atoms with E-state index in [1.807, 2.05) is 61.5 Å². The predicted octanol–water partition coefficient (Wildman–Crippen LogP) is 4.28. The number of ether oxygens (including phenoxy) is 1. The third-order valence-corrected chi connectivity index (χ3v) is 3.43. The molecule has 0 aliphatic carbocycles. The zero-order valence-electron chi connectivity index (χ0n) is 13.0. The summed E-state index contributed by atoms with van der Waals surface area (Å²) < 4.78 is 5.66. The van der Waals surface area contributed by atoms with Gasteiger partial charge in [0.2, 0.25) is 0 Å². The fraction of sp³-hybridized carbons (Fsp3) is 0.158. The van der Waals surface area contributed by atoms with Crippen molar-refractivity contribution in [3.05, 3.63) is 66.4 Å². The van der Waals surface area contributed by atoms with E-state index in [1.165, 1.54) is 0 Å². The van der Waals surface area contributed by atoms with Crippen molar-refractivity contribution >= 4 is 22.5 Å². The maximum Gasteiger partial charge on any atom is 0.274 e. The summed E-state index contributed by atoms with van der Waals surface area (Å²) in [5, 5.41) is 3.88. The molecule has 3 aromatic rings. The summed E-state index contributed by atoms with van der Waals surface area (Å²) in [5.41, 5.74) is 1.84. The van der Waals surface area contributed by atoms with Crippen molar-refractivity contribution < 1.29 is 9.53 Å². The summed E-state index contributed by atoms with van der Waals surface area (Å²) in [6.07, 6.45) is 0.911. The van der Waals surface area contributed by atoms with E-state index >= 15 is 0 Å². The van der Waals surface area contributed by atoms with Crippen molar-refractivity contribution in [3.63, 3.8) is 0 Å². The van der Waals surface area contributed by atoms with Gasteiger partial charge < -0.3 is 10.1 Å². The lowest BCUT2D eigenvalue weighted by Crippen LogP contribution is -2.14. The number of nitrogens with zero attached hydrogens (tertiary/aromatic N) is 1. The number of pyridine rings is 1. The van der Waals surface area contributed by atoms with Gasteiger partial charge in [0.05, 0.1) is 17.8 Å². The number of fused-ring (bicyclic) bond motifs is 1. The molecule has 0 aliphatic heterocycles. The third kappa shape index (κ3) is 3.48. The van der Waals surface area contributed by atoms with Crippen LogP contribution in [0.1, 0.15) is 23.8 Å². The van der Waals surface area contributed by atoms with Crippen molar-refractivity contribution in [1.82, 2.24) is 4.98 Å². The number of carbonyl (C=O) groups is 1. The summed E-state index contributed by atoms with van der Waals surface area (Å²) in [6.45, 7) is 2.65. The van der Waals surface area contributed by atoms with Crippen molar-refractivity contribution in [3.8, 4) is 5.75 Å². The van der Waals surface area contributed by atoms with E-state index in [0.717, 1.165) is 17.3 Å². The average Bonchev–Trinajstić information content (AvgIpc) is 2.60. The highest BCUT2D eigenvalue weighted by Gasteiger charge is 2.11. The maximum absolute atomic E-state index is 12.5. The Bertz CT molecular complexity index is 830. The van der Waals surface area contributed by atoms with Crippen LogP contribution in [0.2, 0.25) is 0 Å². The molecule has 0 atom stereocenters. The van der Waals surface area contributed by atoms with Crippen LogP contribution >= 0.6 is 0 Å². The minimum Gasteiger partial charge on any atom is -0.491 e. The van der Waals surface area contributed by atoms with Gasteiger partial charge >= 0.3 is 0 Å². The molecule has 23 heavy (non-hydrogen) atoms. The summed E-state index contributed by atoms with van der Waals surface area (Å²) >= 11 is 0. The van der Waals surface area contributed by atoms with Gasteiger partial charge in [-0.15, -0.1) is 0 Å². The molecule has 0 radical (unpaired) electrons. The minimum atomic E-state index is -0.247. The van der Waals surface area contributed by atoms with Crippen LogP contribution in [0.3, 0.4) is 0 Å². The third-order valence-electron chi connectivity index (χ3n) is 3.43. The van der Waals surface area contributed by atoms with Crippen LogP contribution in [0.15, 0.2) is 60.7 Å². The van der Waals surface area contributed by atoms with Crippen molar-refractivity contribution in [2.75, 3.05) is 11.9 Å². The first-order chi connectivity index (χ1) is 11.3. The Kier molecular flexibility index (Phi) is 4.52. The highest BCUT2D eigenvalue weighted by Crippen LogP contribution is 2.24. The van der Waals surface area contributed by atoms with Gasteiger partial charge in [-0.2, -0.15) is 0 Å².